The molecule has 8 heteroatoms. The molecule has 0 radical (unpaired) electrons. The summed E-state index contributed by atoms with van der Waals surface area (Å²) >= 11 is 1.30. The van der Waals surface area contributed by atoms with Crippen LogP contribution in [0.1, 0.15) is 11.4 Å². The molecule has 2 aromatic heterocycles. The molecule has 0 atom stereocenters. The van der Waals surface area contributed by atoms with Gasteiger partial charge in [0.05, 0.1) is 11.3 Å². The minimum absolute atomic E-state index is 0.135. The first kappa shape index (κ1) is 17.4. The second-order valence-electron chi connectivity index (χ2n) is 6.00. The number of para-hydroxylation sites is 1. The summed E-state index contributed by atoms with van der Waals surface area (Å²) in [6.07, 6.45) is 0. The Balaban J connectivity index is 1.49. The fourth-order valence-electron chi connectivity index (χ4n) is 2.71. The van der Waals surface area contributed by atoms with Gasteiger partial charge in [-0.3, -0.25) is 4.79 Å². The molecule has 0 aliphatic heterocycles. The number of carbonyl (C=O) groups excluding carboxylic acids is 1. The molecule has 0 spiro atoms. The highest BCUT2D eigenvalue weighted by molar-refractivity contribution is 7.99. The number of benzene rings is 2. The van der Waals surface area contributed by atoms with Gasteiger partial charge in [0.1, 0.15) is 11.6 Å². The average molecular weight is 381 g/mol. The van der Waals surface area contributed by atoms with Gasteiger partial charge < -0.3 is 5.32 Å². The molecular weight excluding hydrogens is 365 g/mol. The monoisotopic (exact) mass is 381 g/mol. The van der Waals surface area contributed by atoms with Gasteiger partial charge >= 0.3 is 0 Å². The number of halogens is 1. The van der Waals surface area contributed by atoms with Gasteiger partial charge in [-0.15, -0.1) is 5.10 Å². The van der Waals surface area contributed by atoms with Crippen molar-refractivity contribution in [1.29, 1.82) is 0 Å². The molecule has 0 aliphatic rings. The lowest BCUT2D eigenvalue weighted by Crippen LogP contribution is -2.24. The number of nitrogens with zero attached hydrogens (tertiary/aromatic N) is 4. The van der Waals surface area contributed by atoms with Crippen LogP contribution in [0.3, 0.4) is 0 Å². The Morgan fingerprint density at radius 3 is 2.74 bits per heavy atom. The molecule has 0 fully saturated rings. The standard InChI is InChI=1S/C19H16FN5OS/c1-12-22-18-15-4-2-3-5-16(15)23-19(25(18)24-12)27-11-17(26)21-10-13-6-8-14(20)9-7-13/h2-9H,10-11H2,1H3,(H,21,26). The Morgan fingerprint density at radius 1 is 1.15 bits per heavy atom. The van der Waals surface area contributed by atoms with Gasteiger partial charge in [-0.2, -0.15) is 4.52 Å². The van der Waals surface area contributed by atoms with Crippen molar-refractivity contribution >= 4 is 34.2 Å². The number of fused-ring (bicyclic) bond motifs is 3. The van der Waals surface area contributed by atoms with Crippen molar-refractivity contribution in [2.24, 2.45) is 0 Å². The van der Waals surface area contributed by atoms with Gasteiger partial charge in [-0.25, -0.2) is 14.4 Å². The Morgan fingerprint density at radius 2 is 1.93 bits per heavy atom. The lowest BCUT2D eigenvalue weighted by Gasteiger charge is -2.07. The molecule has 0 aliphatic carbocycles. The second kappa shape index (κ2) is 7.32. The smallest absolute Gasteiger partial charge is 0.230 e. The second-order valence-corrected chi connectivity index (χ2v) is 6.94. The first-order chi connectivity index (χ1) is 13.1. The van der Waals surface area contributed by atoms with Crippen LogP contribution in [0.15, 0.2) is 53.7 Å². The van der Waals surface area contributed by atoms with Crippen molar-refractivity contribution < 1.29 is 9.18 Å². The van der Waals surface area contributed by atoms with E-state index in [4.69, 9.17) is 0 Å². The van der Waals surface area contributed by atoms with Gasteiger partial charge in [0, 0.05) is 11.9 Å². The molecular formula is C19H16FN5OS. The highest BCUT2D eigenvalue weighted by Gasteiger charge is 2.13. The number of carbonyl (C=O) groups is 1. The van der Waals surface area contributed by atoms with E-state index in [1.807, 2.05) is 31.2 Å². The normalized spacial score (nSPS) is 11.2. The van der Waals surface area contributed by atoms with Gasteiger partial charge in [0.15, 0.2) is 10.8 Å². The molecule has 4 rings (SSSR count). The van der Waals surface area contributed by atoms with Gasteiger partial charge in [-0.05, 0) is 36.8 Å². The number of rotatable bonds is 5. The summed E-state index contributed by atoms with van der Waals surface area (Å²) < 4.78 is 14.6. The lowest BCUT2D eigenvalue weighted by molar-refractivity contribution is -0.118. The van der Waals surface area contributed by atoms with Crippen molar-refractivity contribution in [3.63, 3.8) is 0 Å². The van der Waals surface area contributed by atoms with Gasteiger partial charge in [0.2, 0.25) is 5.91 Å². The minimum atomic E-state index is -0.296. The molecule has 136 valence electrons. The van der Waals surface area contributed by atoms with Crippen molar-refractivity contribution in [3.8, 4) is 0 Å². The molecule has 4 aromatic rings. The van der Waals surface area contributed by atoms with E-state index in [0.717, 1.165) is 22.1 Å². The van der Waals surface area contributed by atoms with Crippen molar-refractivity contribution in [2.75, 3.05) is 5.75 Å². The summed E-state index contributed by atoms with van der Waals surface area (Å²) in [4.78, 5) is 21.3. The predicted molar refractivity (Wildman–Crippen MR) is 102 cm³/mol. The number of aryl methyl sites for hydroxylation is 1. The summed E-state index contributed by atoms with van der Waals surface area (Å²) in [5.74, 6) is 0.413. The molecule has 0 unspecified atom stereocenters. The molecule has 0 saturated carbocycles. The average Bonchev–Trinajstić information content (AvgIpc) is 3.07. The Hall–Kier alpha value is -3.00. The third kappa shape index (κ3) is 3.75. The number of thioether (sulfide) groups is 1. The van der Waals surface area contributed by atoms with Crippen LogP contribution in [0.25, 0.3) is 16.6 Å². The molecule has 2 heterocycles. The fourth-order valence-corrected chi connectivity index (χ4v) is 3.49. The Bertz CT molecular complexity index is 1130. The van der Waals surface area contributed by atoms with E-state index in [9.17, 15) is 9.18 Å². The molecule has 27 heavy (non-hydrogen) atoms. The number of hydrogen-bond donors (Lipinski definition) is 1. The van der Waals surface area contributed by atoms with E-state index in [0.29, 0.717) is 17.5 Å². The SMILES string of the molecule is Cc1nc2c3ccccc3nc(SCC(=O)NCc3ccc(F)cc3)n2n1. The van der Waals surface area contributed by atoms with Crippen molar-refractivity contribution in [2.45, 2.75) is 18.6 Å². The Kier molecular flexibility index (Phi) is 4.72. The first-order valence-electron chi connectivity index (χ1n) is 8.36. The van der Waals surface area contributed by atoms with Crippen LogP contribution in [-0.2, 0) is 11.3 Å². The third-order valence-corrected chi connectivity index (χ3v) is 4.92. The van der Waals surface area contributed by atoms with Gasteiger partial charge in [0.25, 0.3) is 0 Å². The number of hydrogen-bond acceptors (Lipinski definition) is 5. The maximum Gasteiger partial charge on any atom is 0.230 e. The highest BCUT2D eigenvalue weighted by Crippen LogP contribution is 2.23. The largest absolute Gasteiger partial charge is 0.351 e. The van der Waals surface area contributed by atoms with Crippen LogP contribution in [0.5, 0.6) is 0 Å². The summed E-state index contributed by atoms with van der Waals surface area (Å²) in [6, 6.07) is 13.8. The van der Waals surface area contributed by atoms with E-state index < -0.39 is 0 Å². The molecule has 0 bridgehead atoms. The summed E-state index contributed by atoms with van der Waals surface area (Å²) in [6.45, 7) is 2.17. The van der Waals surface area contributed by atoms with Crippen LogP contribution in [0.4, 0.5) is 4.39 Å². The number of aromatic nitrogens is 4. The molecule has 1 amide bonds. The zero-order valence-electron chi connectivity index (χ0n) is 14.5. The van der Waals surface area contributed by atoms with Crippen LogP contribution in [-0.4, -0.2) is 31.2 Å². The van der Waals surface area contributed by atoms with E-state index in [1.54, 1.807) is 16.6 Å². The highest BCUT2D eigenvalue weighted by atomic mass is 32.2. The third-order valence-electron chi connectivity index (χ3n) is 3.99. The zero-order chi connectivity index (χ0) is 18.8. The van der Waals surface area contributed by atoms with Crippen molar-refractivity contribution in [3.05, 3.63) is 65.7 Å². The minimum Gasteiger partial charge on any atom is -0.351 e. The maximum atomic E-state index is 12.9. The van der Waals surface area contributed by atoms with Crippen molar-refractivity contribution in [1.82, 2.24) is 24.9 Å². The number of nitrogens with one attached hydrogen (secondary N) is 1. The quantitative estimate of drug-likeness (QED) is 0.425. The van der Waals surface area contributed by atoms with Crippen LogP contribution >= 0.6 is 11.8 Å². The van der Waals surface area contributed by atoms with Gasteiger partial charge in [-0.1, -0.05) is 36.0 Å². The van der Waals surface area contributed by atoms with Crippen LogP contribution in [0, 0.1) is 12.7 Å². The predicted octanol–water partition coefficient (Wildman–Crippen LogP) is 3.13. The summed E-state index contributed by atoms with van der Waals surface area (Å²) in [5.41, 5.74) is 2.38. The Labute approximate surface area is 158 Å². The molecule has 1 N–H and O–H groups in total. The fraction of sp³-hybridized carbons (Fsp3) is 0.158. The van der Waals surface area contributed by atoms with E-state index >= 15 is 0 Å². The van der Waals surface area contributed by atoms with Crippen LogP contribution < -0.4 is 5.32 Å². The molecule has 6 nitrogen and oxygen atoms in total. The molecule has 2 aromatic carbocycles. The summed E-state index contributed by atoms with van der Waals surface area (Å²) in [5, 5.41) is 8.75. The topological polar surface area (TPSA) is 72.2 Å². The van der Waals surface area contributed by atoms with Crippen LogP contribution in [0.2, 0.25) is 0 Å². The zero-order valence-corrected chi connectivity index (χ0v) is 15.3. The van der Waals surface area contributed by atoms with E-state index in [1.165, 1.54) is 23.9 Å². The summed E-state index contributed by atoms with van der Waals surface area (Å²) in [7, 11) is 0. The molecule has 0 saturated heterocycles. The van der Waals surface area contributed by atoms with E-state index in [2.05, 4.69) is 20.4 Å². The number of amides is 1. The lowest BCUT2D eigenvalue weighted by atomic mass is 10.2. The maximum absolute atomic E-state index is 12.9. The first-order valence-corrected chi connectivity index (χ1v) is 9.35. The van der Waals surface area contributed by atoms with E-state index in [-0.39, 0.29) is 17.5 Å².